The Balaban J connectivity index is 3.16. The van der Waals surface area contributed by atoms with Crippen molar-refractivity contribution in [3.8, 4) is 0 Å². The summed E-state index contributed by atoms with van der Waals surface area (Å²) in [7, 11) is 1.30. The Labute approximate surface area is 82.8 Å². The van der Waals surface area contributed by atoms with Gasteiger partial charge in [0.1, 0.15) is 4.60 Å². The van der Waals surface area contributed by atoms with Crippen LogP contribution >= 0.6 is 27.5 Å². The Morgan fingerprint density at radius 1 is 1.75 bits per heavy atom. The van der Waals surface area contributed by atoms with Gasteiger partial charge in [-0.25, -0.2) is 9.78 Å². The Morgan fingerprint density at radius 2 is 2.42 bits per heavy atom. The number of pyridine rings is 1. The highest BCUT2D eigenvalue weighted by Gasteiger charge is 2.12. The molecule has 1 heterocycles. The summed E-state index contributed by atoms with van der Waals surface area (Å²) in [6, 6.07) is 1.50. The summed E-state index contributed by atoms with van der Waals surface area (Å²) in [6.45, 7) is 0. The van der Waals surface area contributed by atoms with Crippen LogP contribution in [0.25, 0.3) is 0 Å². The molecule has 3 nitrogen and oxygen atoms in total. The predicted molar refractivity (Wildman–Crippen MR) is 48.3 cm³/mol. The molecule has 12 heavy (non-hydrogen) atoms. The van der Waals surface area contributed by atoms with Crippen LogP contribution in [0.4, 0.5) is 0 Å². The molecule has 0 bridgehead atoms. The summed E-state index contributed by atoms with van der Waals surface area (Å²) in [5.41, 5.74) is 0.307. The zero-order valence-corrected chi connectivity index (χ0v) is 8.52. The van der Waals surface area contributed by atoms with Gasteiger partial charge in [-0.05, 0) is 22.0 Å². The van der Waals surface area contributed by atoms with Gasteiger partial charge in [0.05, 0.1) is 17.7 Å². The lowest BCUT2D eigenvalue weighted by molar-refractivity contribution is 0.0600. The predicted octanol–water partition coefficient (Wildman–Crippen LogP) is 2.28. The minimum atomic E-state index is -0.469. The van der Waals surface area contributed by atoms with Crippen molar-refractivity contribution in [1.29, 1.82) is 0 Å². The van der Waals surface area contributed by atoms with E-state index in [-0.39, 0.29) is 5.02 Å². The Morgan fingerprint density at radius 3 is 3.00 bits per heavy atom. The third-order valence-electron chi connectivity index (χ3n) is 1.25. The molecular formula is C7H5BrClNO2. The number of rotatable bonds is 1. The van der Waals surface area contributed by atoms with Crippen LogP contribution in [-0.2, 0) is 4.74 Å². The first kappa shape index (κ1) is 9.48. The van der Waals surface area contributed by atoms with Crippen molar-refractivity contribution >= 4 is 33.5 Å². The fraction of sp³-hybridized carbons (Fsp3) is 0.143. The zero-order valence-electron chi connectivity index (χ0n) is 6.17. The van der Waals surface area contributed by atoms with E-state index < -0.39 is 5.97 Å². The first-order valence-corrected chi connectivity index (χ1v) is 4.22. The second kappa shape index (κ2) is 3.87. The molecule has 0 N–H and O–H groups in total. The molecule has 0 unspecified atom stereocenters. The van der Waals surface area contributed by atoms with Gasteiger partial charge in [-0.1, -0.05) is 11.6 Å². The van der Waals surface area contributed by atoms with E-state index in [4.69, 9.17) is 11.6 Å². The standard InChI is InChI=1S/C7H5BrClNO2/c1-12-7(11)4-2-3-10-6(8)5(4)9/h2-3H,1H3. The lowest BCUT2D eigenvalue weighted by Gasteiger charge is -2.01. The number of methoxy groups -OCH3 is 1. The molecule has 0 radical (unpaired) electrons. The molecule has 0 spiro atoms. The van der Waals surface area contributed by atoms with Crippen LogP contribution in [-0.4, -0.2) is 18.1 Å². The molecule has 1 rings (SSSR count). The number of ether oxygens (including phenoxy) is 1. The molecule has 5 heteroatoms. The molecular weight excluding hydrogens is 245 g/mol. The highest BCUT2D eigenvalue weighted by molar-refractivity contribution is 9.10. The number of carbonyl (C=O) groups is 1. The smallest absolute Gasteiger partial charge is 0.339 e. The number of nitrogens with zero attached hydrogens (tertiary/aromatic N) is 1. The molecule has 0 aliphatic rings. The van der Waals surface area contributed by atoms with Gasteiger partial charge in [0.15, 0.2) is 0 Å². The summed E-state index contributed by atoms with van der Waals surface area (Å²) in [6.07, 6.45) is 1.47. The Hall–Kier alpha value is -0.610. The number of halogens is 2. The topological polar surface area (TPSA) is 39.2 Å². The summed E-state index contributed by atoms with van der Waals surface area (Å²) in [5, 5.41) is 0.268. The van der Waals surface area contributed by atoms with E-state index in [0.717, 1.165) is 0 Å². The highest BCUT2D eigenvalue weighted by atomic mass is 79.9. The lowest BCUT2D eigenvalue weighted by atomic mass is 10.3. The van der Waals surface area contributed by atoms with Gasteiger partial charge in [0.2, 0.25) is 0 Å². The van der Waals surface area contributed by atoms with Gasteiger partial charge < -0.3 is 4.74 Å². The van der Waals surface area contributed by atoms with E-state index in [1.54, 1.807) is 0 Å². The van der Waals surface area contributed by atoms with E-state index in [2.05, 4.69) is 25.7 Å². The quantitative estimate of drug-likeness (QED) is 0.567. The fourth-order valence-electron chi connectivity index (χ4n) is 0.686. The van der Waals surface area contributed by atoms with Crippen molar-refractivity contribution in [2.45, 2.75) is 0 Å². The number of carbonyl (C=O) groups excluding carboxylic acids is 1. The molecule has 0 fully saturated rings. The lowest BCUT2D eigenvalue weighted by Crippen LogP contribution is -2.02. The van der Waals surface area contributed by atoms with Crippen molar-refractivity contribution in [3.63, 3.8) is 0 Å². The van der Waals surface area contributed by atoms with Gasteiger partial charge in [-0.2, -0.15) is 0 Å². The maximum absolute atomic E-state index is 11.0. The average Bonchev–Trinajstić information content (AvgIpc) is 2.08. The van der Waals surface area contributed by atoms with E-state index in [0.29, 0.717) is 10.2 Å². The van der Waals surface area contributed by atoms with Gasteiger partial charge in [-0.3, -0.25) is 0 Å². The third-order valence-corrected chi connectivity index (χ3v) is 2.46. The zero-order chi connectivity index (χ0) is 9.14. The van der Waals surface area contributed by atoms with Crippen LogP contribution in [0.3, 0.4) is 0 Å². The van der Waals surface area contributed by atoms with Gasteiger partial charge >= 0.3 is 5.97 Å². The summed E-state index contributed by atoms with van der Waals surface area (Å²) < 4.78 is 4.94. The molecule has 1 aromatic heterocycles. The van der Waals surface area contributed by atoms with Crippen molar-refractivity contribution in [1.82, 2.24) is 4.98 Å². The summed E-state index contributed by atoms with van der Waals surface area (Å²) in [4.78, 5) is 14.9. The number of hydrogen-bond donors (Lipinski definition) is 0. The van der Waals surface area contributed by atoms with E-state index in [1.165, 1.54) is 19.4 Å². The normalized spacial score (nSPS) is 9.58. The van der Waals surface area contributed by atoms with E-state index in [1.807, 2.05) is 0 Å². The van der Waals surface area contributed by atoms with E-state index >= 15 is 0 Å². The fourth-order valence-corrected chi connectivity index (χ4v) is 1.21. The summed E-state index contributed by atoms with van der Waals surface area (Å²) in [5.74, 6) is -0.469. The molecule has 0 saturated carbocycles. The monoisotopic (exact) mass is 249 g/mol. The van der Waals surface area contributed by atoms with Gasteiger partial charge in [-0.15, -0.1) is 0 Å². The maximum Gasteiger partial charge on any atom is 0.339 e. The van der Waals surface area contributed by atoms with Crippen LogP contribution in [0.1, 0.15) is 10.4 Å². The minimum absolute atomic E-state index is 0.268. The molecule has 0 amide bonds. The number of esters is 1. The first-order valence-electron chi connectivity index (χ1n) is 3.05. The molecule has 0 atom stereocenters. The molecule has 1 aromatic rings. The molecule has 0 aliphatic heterocycles. The maximum atomic E-state index is 11.0. The molecule has 0 aromatic carbocycles. The molecule has 64 valence electrons. The second-order valence-electron chi connectivity index (χ2n) is 1.95. The molecule has 0 aliphatic carbocycles. The number of hydrogen-bond acceptors (Lipinski definition) is 3. The van der Waals surface area contributed by atoms with Crippen LogP contribution in [0, 0.1) is 0 Å². The van der Waals surface area contributed by atoms with Crippen LogP contribution < -0.4 is 0 Å². The SMILES string of the molecule is COC(=O)c1ccnc(Br)c1Cl. The second-order valence-corrected chi connectivity index (χ2v) is 3.08. The van der Waals surface area contributed by atoms with Gasteiger partial charge in [0, 0.05) is 6.20 Å². The Kier molecular flexibility index (Phi) is 3.05. The van der Waals surface area contributed by atoms with E-state index in [9.17, 15) is 4.79 Å². The van der Waals surface area contributed by atoms with Crippen molar-refractivity contribution in [2.75, 3.05) is 7.11 Å². The Bertz CT molecular complexity index is 316. The highest BCUT2D eigenvalue weighted by Crippen LogP contribution is 2.23. The van der Waals surface area contributed by atoms with Crippen molar-refractivity contribution in [3.05, 3.63) is 27.5 Å². The number of aromatic nitrogens is 1. The third kappa shape index (κ3) is 1.76. The first-order chi connectivity index (χ1) is 5.66. The van der Waals surface area contributed by atoms with Crippen LogP contribution in [0.15, 0.2) is 16.9 Å². The van der Waals surface area contributed by atoms with Crippen molar-refractivity contribution < 1.29 is 9.53 Å². The largest absolute Gasteiger partial charge is 0.465 e. The molecule has 0 saturated heterocycles. The summed E-state index contributed by atoms with van der Waals surface area (Å²) >= 11 is 8.85. The average molecular weight is 250 g/mol. The van der Waals surface area contributed by atoms with Crippen molar-refractivity contribution in [2.24, 2.45) is 0 Å². The van der Waals surface area contributed by atoms with Crippen LogP contribution in [0.2, 0.25) is 5.02 Å². The van der Waals surface area contributed by atoms with Gasteiger partial charge in [0.25, 0.3) is 0 Å². The minimum Gasteiger partial charge on any atom is -0.465 e. The van der Waals surface area contributed by atoms with Crippen LogP contribution in [0.5, 0.6) is 0 Å².